The van der Waals surface area contributed by atoms with E-state index in [1.165, 1.54) is 12.5 Å². The average molecular weight is 427 g/mol. The molecule has 5 heteroatoms. The highest BCUT2D eigenvalue weighted by atomic mass is 35.5. The van der Waals surface area contributed by atoms with Crippen LogP contribution < -0.4 is 0 Å². The molecule has 1 aliphatic heterocycles. The van der Waals surface area contributed by atoms with Gasteiger partial charge in [0, 0.05) is 19.1 Å². The molecule has 1 heterocycles. The second-order valence-electron chi connectivity index (χ2n) is 7.39. The lowest BCUT2D eigenvalue weighted by Gasteiger charge is -2.26. The molecule has 0 N–H and O–H groups in total. The van der Waals surface area contributed by atoms with Crippen LogP contribution in [0, 0.1) is 0 Å². The maximum absolute atomic E-state index is 11.1. The van der Waals surface area contributed by atoms with Crippen LogP contribution in [0.4, 0.5) is 0 Å². The van der Waals surface area contributed by atoms with Gasteiger partial charge >= 0.3 is 5.97 Å². The number of benzene rings is 2. The molecule has 0 unspecified atom stereocenters. The fraction of sp³-hybridized carbons (Fsp3) is 0.320. The zero-order chi connectivity index (χ0) is 21.5. The number of methoxy groups -OCH3 is 1. The SMILES string of the molecule is C=C(COC)c1ccc(Cc2cc([C@@H]3CC=C[C@H](COC(C)=O)O3)ccc2Cl)cc1. The van der Waals surface area contributed by atoms with Crippen molar-refractivity contribution in [2.75, 3.05) is 20.3 Å². The minimum atomic E-state index is -0.306. The second kappa shape index (κ2) is 10.6. The fourth-order valence-corrected chi connectivity index (χ4v) is 3.63. The summed E-state index contributed by atoms with van der Waals surface area (Å²) in [4.78, 5) is 11.1. The van der Waals surface area contributed by atoms with Gasteiger partial charge in [0.2, 0.25) is 0 Å². The molecule has 0 aromatic heterocycles. The van der Waals surface area contributed by atoms with Crippen LogP contribution >= 0.6 is 11.6 Å². The van der Waals surface area contributed by atoms with Crippen LogP contribution in [0.1, 0.15) is 41.7 Å². The number of carbonyl (C=O) groups excluding carboxylic acids is 1. The van der Waals surface area contributed by atoms with Crippen molar-refractivity contribution >= 4 is 23.1 Å². The number of esters is 1. The molecule has 2 aromatic carbocycles. The zero-order valence-corrected chi connectivity index (χ0v) is 18.2. The van der Waals surface area contributed by atoms with Gasteiger partial charge in [-0.2, -0.15) is 0 Å². The first-order chi connectivity index (χ1) is 14.5. The summed E-state index contributed by atoms with van der Waals surface area (Å²) in [7, 11) is 1.67. The van der Waals surface area contributed by atoms with E-state index in [9.17, 15) is 4.79 Å². The van der Waals surface area contributed by atoms with Gasteiger partial charge in [-0.1, -0.05) is 66.7 Å². The van der Waals surface area contributed by atoms with Crippen molar-refractivity contribution < 1.29 is 19.0 Å². The summed E-state index contributed by atoms with van der Waals surface area (Å²) in [6.45, 7) is 6.18. The van der Waals surface area contributed by atoms with Gasteiger partial charge in [0.05, 0.1) is 12.7 Å². The summed E-state index contributed by atoms with van der Waals surface area (Å²) in [6.07, 6.45) is 5.18. The number of ether oxygens (including phenoxy) is 3. The predicted octanol–water partition coefficient (Wildman–Crippen LogP) is 5.54. The highest BCUT2D eigenvalue weighted by molar-refractivity contribution is 6.31. The molecule has 3 rings (SSSR count). The topological polar surface area (TPSA) is 44.8 Å². The van der Waals surface area contributed by atoms with Gasteiger partial charge in [0.25, 0.3) is 0 Å². The maximum Gasteiger partial charge on any atom is 0.302 e. The van der Waals surface area contributed by atoms with Crippen LogP contribution in [0.5, 0.6) is 0 Å². The molecule has 4 nitrogen and oxygen atoms in total. The molecular weight excluding hydrogens is 400 g/mol. The van der Waals surface area contributed by atoms with Crippen LogP contribution in [0.3, 0.4) is 0 Å². The minimum Gasteiger partial charge on any atom is -0.463 e. The van der Waals surface area contributed by atoms with Gasteiger partial charge in [-0.05, 0) is 46.7 Å². The molecule has 0 aliphatic carbocycles. The van der Waals surface area contributed by atoms with Crippen LogP contribution in [0.25, 0.3) is 5.57 Å². The van der Waals surface area contributed by atoms with E-state index in [1.54, 1.807) is 7.11 Å². The smallest absolute Gasteiger partial charge is 0.302 e. The van der Waals surface area contributed by atoms with E-state index in [0.29, 0.717) is 6.61 Å². The van der Waals surface area contributed by atoms with Crippen molar-refractivity contribution in [1.29, 1.82) is 0 Å². The van der Waals surface area contributed by atoms with Crippen LogP contribution in [0.2, 0.25) is 5.02 Å². The molecule has 0 bridgehead atoms. The quantitative estimate of drug-likeness (QED) is 0.410. The molecule has 0 amide bonds. The Hall–Kier alpha value is -2.40. The maximum atomic E-state index is 11.1. The summed E-state index contributed by atoms with van der Waals surface area (Å²) in [5, 5.41) is 0.731. The summed E-state index contributed by atoms with van der Waals surface area (Å²) in [5.74, 6) is -0.306. The lowest BCUT2D eigenvalue weighted by atomic mass is 9.97. The van der Waals surface area contributed by atoms with Crippen LogP contribution in [0.15, 0.2) is 61.2 Å². The normalized spacial score (nSPS) is 18.2. The minimum absolute atomic E-state index is 0.0914. The first-order valence-electron chi connectivity index (χ1n) is 9.96. The van der Waals surface area contributed by atoms with Gasteiger partial charge in [-0.3, -0.25) is 4.79 Å². The number of hydrogen-bond acceptors (Lipinski definition) is 4. The first-order valence-corrected chi connectivity index (χ1v) is 10.3. The Balaban J connectivity index is 1.70. The third-order valence-corrected chi connectivity index (χ3v) is 5.38. The Bertz CT molecular complexity index is 917. The molecule has 2 atom stereocenters. The first kappa shape index (κ1) is 22.3. The molecule has 2 aromatic rings. The number of halogens is 1. The van der Waals surface area contributed by atoms with Gasteiger partial charge < -0.3 is 14.2 Å². The third-order valence-electron chi connectivity index (χ3n) is 5.01. The lowest BCUT2D eigenvalue weighted by Crippen LogP contribution is -2.24. The third kappa shape index (κ3) is 6.05. The molecule has 0 fully saturated rings. The van der Waals surface area contributed by atoms with Gasteiger partial charge in [0.15, 0.2) is 0 Å². The van der Waals surface area contributed by atoms with Crippen molar-refractivity contribution in [3.05, 3.63) is 88.5 Å². The average Bonchev–Trinajstić information content (AvgIpc) is 2.75. The molecule has 0 saturated carbocycles. The van der Waals surface area contributed by atoms with E-state index in [4.69, 9.17) is 25.8 Å². The van der Waals surface area contributed by atoms with E-state index < -0.39 is 0 Å². The van der Waals surface area contributed by atoms with Crippen molar-refractivity contribution in [1.82, 2.24) is 0 Å². The van der Waals surface area contributed by atoms with Crippen molar-refractivity contribution in [3.8, 4) is 0 Å². The van der Waals surface area contributed by atoms with E-state index in [-0.39, 0.29) is 24.8 Å². The Morgan fingerprint density at radius 3 is 2.70 bits per heavy atom. The van der Waals surface area contributed by atoms with Crippen molar-refractivity contribution in [2.24, 2.45) is 0 Å². The molecule has 0 spiro atoms. The predicted molar refractivity (Wildman–Crippen MR) is 120 cm³/mol. The molecule has 158 valence electrons. The second-order valence-corrected chi connectivity index (χ2v) is 7.80. The zero-order valence-electron chi connectivity index (χ0n) is 17.4. The Morgan fingerprint density at radius 2 is 2.00 bits per heavy atom. The summed E-state index contributed by atoms with van der Waals surface area (Å²) in [6, 6.07) is 14.3. The number of hydrogen-bond donors (Lipinski definition) is 0. The van der Waals surface area contributed by atoms with Gasteiger partial charge in [-0.25, -0.2) is 0 Å². The largest absolute Gasteiger partial charge is 0.463 e. The van der Waals surface area contributed by atoms with Crippen LogP contribution in [-0.2, 0) is 25.4 Å². The summed E-state index contributed by atoms with van der Waals surface area (Å²) >= 11 is 6.48. The van der Waals surface area contributed by atoms with E-state index in [0.717, 1.165) is 40.1 Å². The highest BCUT2D eigenvalue weighted by Crippen LogP contribution is 2.31. The molecular formula is C25H27ClO4. The Labute approximate surface area is 183 Å². The Morgan fingerprint density at radius 1 is 1.23 bits per heavy atom. The van der Waals surface area contributed by atoms with Crippen LogP contribution in [-0.4, -0.2) is 32.4 Å². The molecule has 30 heavy (non-hydrogen) atoms. The fourth-order valence-electron chi connectivity index (χ4n) is 3.44. The van der Waals surface area contributed by atoms with E-state index in [2.05, 4.69) is 43.0 Å². The highest BCUT2D eigenvalue weighted by Gasteiger charge is 2.21. The molecule has 1 aliphatic rings. The summed E-state index contributed by atoms with van der Waals surface area (Å²) in [5.41, 5.74) is 5.31. The summed E-state index contributed by atoms with van der Waals surface area (Å²) < 4.78 is 16.3. The molecule has 0 saturated heterocycles. The number of rotatable bonds is 8. The molecule has 0 radical (unpaired) electrons. The monoisotopic (exact) mass is 426 g/mol. The van der Waals surface area contributed by atoms with Crippen molar-refractivity contribution in [3.63, 3.8) is 0 Å². The standard InChI is InChI=1S/C25H27ClO4/c1-17(15-28-3)20-9-7-19(8-10-20)13-22-14-21(11-12-24(22)26)25-6-4-5-23(30-25)16-29-18(2)27/h4-5,7-12,14,23,25H,1,6,13,15-16H2,2-3H3/t23-,25+/m1/s1. The van der Waals surface area contributed by atoms with Crippen molar-refractivity contribution in [2.45, 2.75) is 32.0 Å². The Kier molecular flexibility index (Phi) is 7.86. The van der Waals surface area contributed by atoms with Gasteiger partial charge in [0.1, 0.15) is 12.7 Å². The lowest BCUT2D eigenvalue weighted by molar-refractivity contribution is -0.145. The number of carbonyl (C=O) groups is 1. The van der Waals surface area contributed by atoms with E-state index in [1.807, 2.05) is 18.2 Å². The van der Waals surface area contributed by atoms with Gasteiger partial charge in [-0.15, -0.1) is 0 Å². The van der Waals surface area contributed by atoms with E-state index >= 15 is 0 Å².